The van der Waals surface area contributed by atoms with Crippen LogP contribution < -0.4 is 5.32 Å². The predicted molar refractivity (Wildman–Crippen MR) is 59.7 cm³/mol. The Balaban J connectivity index is 1.81. The van der Waals surface area contributed by atoms with Crippen LogP contribution >= 0.6 is 11.8 Å². The number of urea groups is 1. The molecular formula is C10H18N2OS. The number of hydrogen-bond donors (Lipinski definition) is 1. The maximum Gasteiger partial charge on any atom is 0.317 e. The van der Waals surface area contributed by atoms with Crippen molar-refractivity contribution in [2.75, 3.05) is 18.8 Å². The normalized spacial score (nSPS) is 32.2. The van der Waals surface area contributed by atoms with Gasteiger partial charge in [-0.05, 0) is 25.0 Å². The maximum absolute atomic E-state index is 11.8. The molecule has 3 nitrogen and oxygen atoms in total. The van der Waals surface area contributed by atoms with E-state index >= 15 is 0 Å². The Labute approximate surface area is 89.6 Å². The second-order valence-electron chi connectivity index (χ2n) is 4.11. The molecule has 4 heteroatoms. The quantitative estimate of drug-likeness (QED) is 0.720. The molecule has 0 aromatic heterocycles. The van der Waals surface area contributed by atoms with Crippen molar-refractivity contribution in [2.24, 2.45) is 0 Å². The fraction of sp³-hybridized carbons (Fsp3) is 0.900. The molecule has 0 radical (unpaired) electrons. The molecule has 0 bridgehead atoms. The Morgan fingerprint density at radius 1 is 1.43 bits per heavy atom. The summed E-state index contributed by atoms with van der Waals surface area (Å²) >= 11 is 1.96. The van der Waals surface area contributed by atoms with Crippen LogP contribution in [-0.2, 0) is 0 Å². The van der Waals surface area contributed by atoms with Crippen molar-refractivity contribution in [3.05, 3.63) is 0 Å². The molecule has 80 valence electrons. The Hall–Kier alpha value is -0.380. The Morgan fingerprint density at radius 3 is 2.71 bits per heavy atom. The van der Waals surface area contributed by atoms with Gasteiger partial charge in [0, 0.05) is 24.4 Å². The first kappa shape index (κ1) is 10.1. The van der Waals surface area contributed by atoms with E-state index < -0.39 is 0 Å². The van der Waals surface area contributed by atoms with Crippen LogP contribution in [0.1, 0.15) is 26.2 Å². The summed E-state index contributed by atoms with van der Waals surface area (Å²) in [6.45, 7) is 4.09. The van der Waals surface area contributed by atoms with E-state index in [2.05, 4.69) is 12.2 Å². The number of rotatable bonds is 1. The van der Waals surface area contributed by atoms with Gasteiger partial charge < -0.3 is 10.2 Å². The van der Waals surface area contributed by atoms with E-state index in [0.29, 0.717) is 11.3 Å². The minimum Gasteiger partial charge on any atom is -0.334 e. The van der Waals surface area contributed by atoms with Crippen molar-refractivity contribution in [1.82, 2.24) is 10.2 Å². The van der Waals surface area contributed by atoms with E-state index in [9.17, 15) is 4.79 Å². The van der Waals surface area contributed by atoms with E-state index in [4.69, 9.17) is 0 Å². The molecule has 2 aliphatic rings. The van der Waals surface area contributed by atoms with E-state index in [0.717, 1.165) is 19.5 Å². The summed E-state index contributed by atoms with van der Waals surface area (Å²) in [6.07, 6.45) is 3.47. The van der Waals surface area contributed by atoms with Gasteiger partial charge in [-0.25, -0.2) is 4.79 Å². The molecular weight excluding hydrogens is 196 g/mol. The molecule has 0 aromatic carbocycles. The minimum absolute atomic E-state index is 0.154. The number of nitrogens with zero attached hydrogens (tertiary/aromatic N) is 1. The lowest BCUT2D eigenvalue weighted by Crippen LogP contribution is -2.45. The Kier molecular flexibility index (Phi) is 3.21. The number of thioether (sulfide) groups is 1. The molecule has 2 rings (SSSR count). The topological polar surface area (TPSA) is 32.3 Å². The van der Waals surface area contributed by atoms with Gasteiger partial charge in [-0.15, -0.1) is 0 Å². The van der Waals surface area contributed by atoms with Crippen LogP contribution in [0.15, 0.2) is 0 Å². The first-order chi connectivity index (χ1) is 6.77. The molecule has 0 spiro atoms. The van der Waals surface area contributed by atoms with Crippen molar-refractivity contribution in [3.63, 3.8) is 0 Å². The molecule has 2 saturated heterocycles. The molecule has 2 atom stereocenters. The van der Waals surface area contributed by atoms with Gasteiger partial charge in [-0.3, -0.25) is 0 Å². The lowest BCUT2D eigenvalue weighted by atomic mass is 10.2. The van der Waals surface area contributed by atoms with Crippen LogP contribution in [0.25, 0.3) is 0 Å². The molecule has 2 heterocycles. The number of carbonyl (C=O) groups excluding carboxylic acids is 1. The summed E-state index contributed by atoms with van der Waals surface area (Å²) in [4.78, 5) is 13.7. The largest absolute Gasteiger partial charge is 0.334 e. The number of carbonyl (C=O) groups is 1. The van der Waals surface area contributed by atoms with E-state index in [1.54, 1.807) is 0 Å². The predicted octanol–water partition coefficient (Wildman–Crippen LogP) is 1.69. The van der Waals surface area contributed by atoms with Crippen LogP contribution in [0.3, 0.4) is 0 Å². The molecule has 2 unspecified atom stereocenters. The summed E-state index contributed by atoms with van der Waals surface area (Å²) in [5.41, 5.74) is 0. The standard InChI is InChI=1S/C10H18N2OS/c1-8-9(4-7-14-8)11-10(13)12-5-2-3-6-12/h8-9H,2-7H2,1H3,(H,11,13). The number of nitrogens with one attached hydrogen (secondary N) is 1. The van der Waals surface area contributed by atoms with Gasteiger partial charge in [-0.1, -0.05) is 6.92 Å². The minimum atomic E-state index is 0.154. The molecule has 2 fully saturated rings. The Bertz CT molecular complexity index is 216. The molecule has 14 heavy (non-hydrogen) atoms. The summed E-state index contributed by atoms with van der Waals surface area (Å²) < 4.78 is 0. The average molecular weight is 214 g/mol. The third-order valence-corrected chi connectivity index (χ3v) is 4.40. The van der Waals surface area contributed by atoms with Gasteiger partial charge in [0.1, 0.15) is 0 Å². The van der Waals surface area contributed by atoms with Crippen molar-refractivity contribution >= 4 is 17.8 Å². The molecule has 0 aromatic rings. The maximum atomic E-state index is 11.8. The zero-order valence-electron chi connectivity index (χ0n) is 8.66. The fourth-order valence-corrected chi connectivity index (χ4v) is 3.29. The smallest absolute Gasteiger partial charge is 0.317 e. The zero-order chi connectivity index (χ0) is 9.97. The summed E-state index contributed by atoms with van der Waals surface area (Å²) in [7, 11) is 0. The highest BCUT2D eigenvalue weighted by atomic mass is 32.2. The second kappa shape index (κ2) is 4.43. The molecule has 2 aliphatic heterocycles. The zero-order valence-corrected chi connectivity index (χ0v) is 9.48. The third-order valence-electron chi connectivity index (χ3n) is 3.08. The van der Waals surface area contributed by atoms with Crippen molar-refractivity contribution < 1.29 is 4.79 Å². The van der Waals surface area contributed by atoms with Gasteiger partial charge in [0.25, 0.3) is 0 Å². The highest BCUT2D eigenvalue weighted by Gasteiger charge is 2.27. The lowest BCUT2D eigenvalue weighted by molar-refractivity contribution is 0.204. The third kappa shape index (κ3) is 2.16. The molecule has 0 aliphatic carbocycles. The van der Waals surface area contributed by atoms with Gasteiger partial charge in [0.05, 0.1) is 0 Å². The van der Waals surface area contributed by atoms with Crippen LogP contribution in [0.2, 0.25) is 0 Å². The monoisotopic (exact) mass is 214 g/mol. The van der Waals surface area contributed by atoms with E-state index in [-0.39, 0.29) is 6.03 Å². The average Bonchev–Trinajstić information content (AvgIpc) is 2.77. The summed E-state index contributed by atoms with van der Waals surface area (Å²) in [5.74, 6) is 1.19. The molecule has 0 saturated carbocycles. The number of hydrogen-bond acceptors (Lipinski definition) is 2. The molecule has 2 amide bonds. The number of amides is 2. The Morgan fingerprint density at radius 2 is 2.14 bits per heavy atom. The van der Waals surface area contributed by atoms with Crippen molar-refractivity contribution in [3.8, 4) is 0 Å². The van der Waals surface area contributed by atoms with Gasteiger partial charge >= 0.3 is 6.03 Å². The second-order valence-corrected chi connectivity index (χ2v) is 5.60. The van der Waals surface area contributed by atoms with Crippen molar-refractivity contribution in [1.29, 1.82) is 0 Å². The lowest BCUT2D eigenvalue weighted by Gasteiger charge is -2.22. The van der Waals surface area contributed by atoms with Crippen LogP contribution in [0, 0.1) is 0 Å². The summed E-state index contributed by atoms with van der Waals surface area (Å²) in [6, 6.07) is 0.551. The first-order valence-corrected chi connectivity index (χ1v) is 6.49. The van der Waals surface area contributed by atoms with Crippen LogP contribution in [-0.4, -0.2) is 41.1 Å². The van der Waals surface area contributed by atoms with Crippen molar-refractivity contribution in [2.45, 2.75) is 37.5 Å². The van der Waals surface area contributed by atoms with Gasteiger partial charge in [0.2, 0.25) is 0 Å². The molecule has 1 N–H and O–H groups in total. The highest BCUT2D eigenvalue weighted by molar-refractivity contribution is 8.00. The van der Waals surface area contributed by atoms with E-state index in [1.165, 1.54) is 18.6 Å². The van der Waals surface area contributed by atoms with Gasteiger partial charge in [0.15, 0.2) is 0 Å². The summed E-state index contributed by atoms with van der Waals surface area (Å²) in [5, 5.41) is 3.72. The van der Waals surface area contributed by atoms with Crippen LogP contribution in [0.5, 0.6) is 0 Å². The van der Waals surface area contributed by atoms with Gasteiger partial charge in [-0.2, -0.15) is 11.8 Å². The fourth-order valence-electron chi connectivity index (χ4n) is 2.09. The first-order valence-electron chi connectivity index (χ1n) is 5.44. The highest BCUT2D eigenvalue weighted by Crippen LogP contribution is 2.26. The van der Waals surface area contributed by atoms with Crippen LogP contribution in [0.4, 0.5) is 4.79 Å². The SMILES string of the molecule is CC1SCCC1NC(=O)N1CCCC1. The number of likely N-dealkylation sites (tertiary alicyclic amines) is 1. The van der Waals surface area contributed by atoms with E-state index in [1.807, 2.05) is 16.7 Å².